The van der Waals surface area contributed by atoms with Crippen LogP contribution in [0.2, 0.25) is 6.04 Å². The van der Waals surface area contributed by atoms with Gasteiger partial charge in [0.1, 0.15) is 0 Å². The Labute approximate surface area is 115 Å². The average molecular weight is 438 g/mol. The molecule has 5 heteroatoms. The summed E-state index contributed by atoms with van der Waals surface area (Å²) in [4.78, 5) is 10.7. The summed E-state index contributed by atoms with van der Waals surface area (Å²) in [7, 11) is 0.141. The highest BCUT2D eigenvalue weighted by Crippen LogP contribution is 2.11. The van der Waals surface area contributed by atoms with Gasteiger partial charge in [-0.1, -0.05) is 70.6 Å². The maximum Gasteiger partial charge on any atom is 0.330 e. The van der Waals surface area contributed by atoms with Crippen LogP contribution in [-0.4, -0.2) is 23.7 Å². The molecule has 0 spiro atoms. The molecule has 0 rings (SSSR count). The second-order valence-corrected chi connectivity index (χ2v) is 13.8. The van der Waals surface area contributed by atoms with Gasteiger partial charge in [0.15, 0.2) is 0 Å². The van der Waals surface area contributed by atoms with Crippen molar-refractivity contribution in [3.05, 3.63) is 12.7 Å². The third-order valence-electron chi connectivity index (χ3n) is 1.73. The molecule has 82 valence electrons. The topological polar surface area (TPSA) is 26.3 Å². The molecule has 0 aromatic heterocycles. The molecule has 0 aliphatic rings. The fraction of sp³-hybridized carbons (Fsp3) is 0.667. The SMILES string of the molecule is C=CC(=O)OCCCCC[SiH2]C(I)I. The van der Waals surface area contributed by atoms with Gasteiger partial charge < -0.3 is 4.74 Å². The van der Waals surface area contributed by atoms with E-state index < -0.39 is 0 Å². The molecular formula is C9H16I2O2Si. The van der Waals surface area contributed by atoms with Crippen LogP contribution in [-0.2, 0) is 9.53 Å². The van der Waals surface area contributed by atoms with E-state index in [1.807, 2.05) is 0 Å². The lowest BCUT2D eigenvalue weighted by atomic mass is 10.3. The van der Waals surface area contributed by atoms with Gasteiger partial charge in [0, 0.05) is 17.2 Å². The van der Waals surface area contributed by atoms with Crippen LogP contribution in [0, 0.1) is 0 Å². The van der Waals surface area contributed by atoms with E-state index in [0.717, 1.165) is 7.98 Å². The molecule has 0 heterocycles. The third kappa shape index (κ3) is 11.0. The highest BCUT2D eigenvalue weighted by atomic mass is 127. The van der Waals surface area contributed by atoms with Crippen LogP contribution in [0.25, 0.3) is 0 Å². The van der Waals surface area contributed by atoms with Crippen molar-refractivity contribution in [2.45, 2.75) is 26.9 Å². The molecule has 0 saturated heterocycles. The largest absolute Gasteiger partial charge is 0.463 e. The fourth-order valence-corrected chi connectivity index (χ4v) is 4.58. The molecule has 0 amide bonds. The van der Waals surface area contributed by atoms with Crippen LogP contribution in [0.3, 0.4) is 0 Å². The standard InChI is InChI=1S/C9H16I2O2Si/c1-2-8(12)13-6-4-3-5-7-14-9(10)11/h2,9H,1,3-7,14H2. The summed E-state index contributed by atoms with van der Waals surface area (Å²) in [6, 6.07) is 1.41. The fourth-order valence-electron chi connectivity index (χ4n) is 0.986. The summed E-state index contributed by atoms with van der Waals surface area (Å²) in [5, 5.41) is 0. The number of halogens is 2. The Hall–Kier alpha value is 0.887. The van der Waals surface area contributed by atoms with Crippen LogP contribution in [0.4, 0.5) is 0 Å². The highest BCUT2D eigenvalue weighted by molar-refractivity contribution is 14.2. The zero-order chi connectivity index (χ0) is 10.8. The lowest BCUT2D eigenvalue weighted by Gasteiger charge is -2.02. The summed E-state index contributed by atoms with van der Waals surface area (Å²) in [5.41, 5.74) is 0. The molecule has 0 fully saturated rings. The minimum Gasteiger partial charge on any atom is -0.463 e. The van der Waals surface area contributed by atoms with E-state index in [9.17, 15) is 4.79 Å². The number of alkyl halides is 2. The third-order valence-corrected chi connectivity index (χ3v) is 6.81. The maximum atomic E-state index is 10.7. The molecule has 0 aliphatic carbocycles. The molecule has 0 saturated carbocycles. The van der Waals surface area contributed by atoms with Crippen molar-refractivity contribution in [3.63, 3.8) is 0 Å². The molecule has 0 aliphatic heterocycles. The predicted octanol–water partition coefficient (Wildman–Crippen LogP) is 2.63. The molecule has 0 bridgehead atoms. The molecule has 0 N–H and O–H groups in total. The Kier molecular flexibility index (Phi) is 11.1. The maximum absolute atomic E-state index is 10.7. The molecular weight excluding hydrogens is 422 g/mol. The van der Waals surface area contributed by atoms with Crippen molar-refractivity contribution < 1.29 is 9.53 Å². The summed E-state index contributed by atoms with van der Waals surface area (Å²) in [6.45, 7) is 3.88. The number of hydrogen-bond donors (Lipinski definition) is 0. The van der Waals surface area contributed by atoms with Gasteiger partial charge in [0.05, 0.1) is 6.61 Å². The summed E-state index contributed by atoms with van der Waals surface area (Å²) >= 11 is 4.98. The monoisotopic (exact) mass is 438 g/mol. The first-order valence-corrected chi connectivity index (χ1v) is 9.05. The second-order valence-electron chi connectivity index (χ2n) is 2.97. The van der Waals surface area contributed by atoms with Gasteiger partial charge in [-0.2, -0.15) is 0 Å². The van der Waals surface area contributed by atoms with Crippen molar-refractivity contribution >= 4 is 60.7 Å². The van der Waals surface area contributed by atoms with Crippen LogP contribution in [0.5, 0.6) is 0 Å². The number of hydrogen-bond acceptors (Lipinski definition) is 2. The zero-order valence-electron chi connectivity index (χ0n) is 8.18. The van der Waals surface area contributed by atoms with E-state index in [2.05, 4.69) is 51.8 Å². The molecule has 0 radical (unpaired) electrons. The van der Waals surface area contributed by atoms with E-state index in [4.69, 9.17) is 4.74 Å². The Balaban J connectivity index is 3.06. The molecule has 0 atom stereocenters. The number of esters is 1. The number of carbonyl (C=O) groups excluding carboxylic acids is 1. The van der Waals surface area contributed by atoms with Crippen molar-refractivity contribution in [1.29, 1.82) is 0 Å². The zero-order valence-corrected chi connectivity index (χ0v) is 13.9. The lowest BCUT2D eigenvalue weighted by Crippen LogP contribution is -2.02. The van der Waals surface area contributed by atoms with Crippen LogP contribution < -0.4 is 0 Å². The van der Waals surface area contributed by atoms with Crippen LogP contribution in [0.1, 0.15) is 19.3 Å². The lowest BCUT2D eigenvalue weighted by molar-refractivity contribution is -0.137. The Morgan fingerprint density at radius 1 is 1.43 bits per heavy atom. The first-order valence-electron chi connectivity index (χ1n) is 4.74. The quantitative estimate of drug-likeness (QED) is 0.146. The first-order chi connectivity index (χ1) is 6.66. The number of ether oxygens (including phenoxy) is 1. The van der Waals surface area contributed by atoms with Gasteiger partial charge in [-0.15, -0.1) is 0 Å². The van der Waals surface area contributed by atoms with Gasteiger partial charge in [-0.05, 0) is 6.42 Å². The normalized spacial score (nSPS) is 11.1. The number of unbranched alkanes of at least 4 members (excludes halogenated alkanes) is 2. The molecule has 0 unspecified atom stereocenters. The van der Waals surface area contributed by atoms with Crippen LogP contribution in [0.15, 0.2) is 12.7 Å². The van der Waals surface area contributed by atoms with E-state index in [-0.39, 0.29) is 15.5 Å². The van der Waals surface area contributed by atoms with Crippen molar-refractivity contribution in [2.75, 3.05) is 6.61 Å². The summed E-state index contributed by atoms with van der Waals surface area (Å²) in [6.07, 6.45) is 4.67. The highest BCUT2D eigenvalue weighted by Gasteiger charge is 1.98. The van der Waals surface area contributed by atoms with E-state index in [1.165, 1.54) is 25.0 Å². The molecule has 0 aromatic rings. The summed E-state index contributed by atoms with van der Waals surface area (Å²) in [5.74, 6) is -0.307. The van der Waals surface area contributed by atoms with E-state index >= 15 is 0 Å². The smallest absolute Gasteiger partial charge is 0.330 e. The predicted molar refractivity (Wildman–Crippen MR) is 80.2 cm³/mol. The van der Waals surface area contributed by atoms with Gasteiger partial charge in [0.25, 0.3) is 0 Å². The Morgan fingerprint density at radius 2 is 2.14 bits per heavy atom. The number of rotatable bonds is 8. The number of carbonyl (C=O) groups is 1. The molecule has 0 aromatic carbocycles. The van der Waals surface area contributed by atoms with Crippen molar-refractivity contribution in [3.8, 4) is 0 Å². The molecule has 14 heavy (non-hydrogen) atoms. The Bertz CT molecular complexity index is 174. The van der Waals surface area contributed by atoms with E-state index in [0.29, 0.717) is 6.61 Å². The first kappa shape index (κ1) is 14.9. The van der Waals surface area contributed by atoms with Crippen LogP contribution >= 0.6 is 45.2 Å². The van der Waals surface area contributed by atoms with Gasteiger partial charge in [0.2, 0.25) is 0 Å². The van der Waals surface area contributed by atoms with Crippen molar-refractivity contribution in [1.82, 2.24) is 0 Å². The van der Waals surface area contributed by atoms with Crippen molar-refractivity contribution in [2.24, 2.45) is 0 Å². The van der Waals surface area contributed by atoms with E-state index in [1.54, 1.807) is 0 Å². The minimum absolute atomic E-state index is 0.141. The Morgan fingerprint density at radius 3 is 2.71 bits per heavy atom. The van der Waals surface area contributed by atoms with Gasteiger partial charge in [-0.25, -0.2) is 4.79 Å². The van der Waals surface area contributed by atoms with Gasteiger partial charge >= 0.3 is 5.97 Å². The average Bonchev–Trinajstić information content (AvgIpc) is 2.15. The minimum atomic E-state index is -0.307. The second kappa shape index (κ2) is 10.4. The molecule has 2 nitrogen and oxygen atoms in total. The van der Waals surface area contributed by atoms with Gasteiger partial charge in [-0.3, -0.25) is 0 Å². The summed E-state index contributed by atoms with van der Waals surface area (Å²) < 4.78 is 5.75.